The molecule has 0 unspecified atom stereocenters. The van der Waals surface area contributed by atoms with E-state index in [9.17, 15) is 4.79 Å². The maximum Gasteiger partial charge on any atom is 0.247 e. The highest BCUT2D eigenvalue weighted by molar-refractivity contribution is 7.17. The summed E-state index contributed by atoms with van der Waals surface area (Å²) in [7, 11) is 3.65. The summed E-state index contributed by atoms with van der Waals surface area (Å²) in [6, 6.07) is 14.8. The highest BCUT2D eigenvalue weighted by atomic mass is 32.1. The number of amides is 1. The van der Waals surface area contributed by atoms with Gasteiger partial charge in [0.15, 0.2) is 0 Å². The fourth-order valence-electron chi connectivity index (χ4n) is 5.52. The lowest BCUT2D eigenvalue weighted by atomic mass is 10.0. The molecule has 1 aliphatic heterocycles. The van der Waals surface area contributed by atoms with E-state index in [1.165, 1.54) is 17.2 Å². The summed E-state index contributed by atoms with van der Waals surface area (Å²) in [6.45, 7) is 5.38. The van der Waals surface area contributed by atoms with Crippen LogP contribution < -0.4 is 25.6 Å². The number of fused-ring (bicyclic) bond motifs is 2. The van der Waals surface area contributed by atoms with Gasteiger partial charge in [0.25, 0.3) is 0 Å². The first kappa shape index (κ1) is 26.0. The number of methoxy groups -OCH3 is 1. The highest BCUT2D eigenvalue weighted by Crippen LogP contribution is 2.41. The van der Waals surface area contributed by atoms with E-state index in [1.807, 2.05) is 30.6 Å². The zero-order valence-electron chi connectivity index (χ0n) is 22.7. The monoisotopic (exact) mass is 552 g/mol. The summed E-state index contributed by atoms with van der Waals surface area (Å²) in [5.41, 5.74) is 7.68. The van der Waals surface area contributed by atoms with Crippen molar-refractivity contribution < 1.29 is 9.53 Å². The molecule has 4 aromatic rings. The second-order valence-corrected chi connectivity index (χ2v) is 10.9. The fraction of sp³-hybridized carbons (Fsp3) is 0.258. The molecule has 0 radical (unpaired) electrons. The van der Waals surface area contributed by atoms with Crippen molar-refractivity contribution in [1.82, 2.24) is 15.3 Å². The van der Waals surface area contributed by atoms with Crippen molar-refractivity contribution in [2.24, 2.45) is 0 Å². The molecule has 1 saturated heterocycles. The number of aromatic nitrogens is 2. The number of carbonyl (C=O) groups is 1. The van der Waals surface area contributed by atoms with Crippen molar-refractivity contribution in [2.45, 2.75) is 25.3 Å². The maximum atomic E-state index is 12.4. The molecule has 3 N–H and O–H groups in total. The molecule has 1 amide bonds. The Morgan fingerprint density at radius 3 is 2.75 bits per heavy atom. The number of hydrogen-bond donors (Lipinski definition) is 3. The first-order chi connectivity index (χ1) is 19.6. The van der Waals surface area contributed by atoms with Gasteiger partial charge in [0.2, 0.25) is 11.9 Å². The Morgan fingerprint density at radius 1 is 1.15 bits per heavy atom. The minimum atomic E-state index is -0.271. The second kappa shape index (κ2) is 11.1. The molecule has 9 heteroatoms. The lowest BCUT2D eigenvalue weighted by Crippen LogP contribution is -2.41. The fourth-order valence-corrected chi connectivity index (χ4v) is 6.35. The lowest BCUT2D eigenvalue weighted by molar-refractivity contribution is -0.111. The average Bonchev–Trinajstić information content (AvgIpc) is 3.64. The van der Waals surface area contributed by atoms with Crippen molar-refractivity contribution in [2.75, 3.05) is 42.8 Å². The third kappa shape index (κ3) is 4.94. The van der Waals surface area contributed by atoms with Crippen molar-refractivity contribution in [1.29, 1.82) is 0 Å². The topological polar surface area (TPSA) is 91.4 Å². The summed E-state index contributed by atoms with van der Waals surface area (Å²) < 4.78 is 6.88. The Balaban J connectivity index is 1.39. The van der Waals surface area contributed by atoms with Crippen LogP contribution in [-0.4, -0.2) is 49.2 Å². The molecule has 1 fully saturated rings. The molecule has 2 aromatic carbocycles. The van der Waals surface area contributed by atoms with Gasteiger partial charge < -0.3 is 25.6 Å². The average molecular weight is 553 g/mol. The minimum Gasteiger partial charge on any atom is -0.494 e. The normalized spacial score (nSPS) is 15.1. The SMILES string of the molecule is C=CC(=O)Nc1cc(Nc2nc(C3=CCc4ccccc43)c3sccc3n2)c(OC)cc1N1CCC(NC)CC1. The summed E-state index contributed by atoms with van der Waals surface area (Å²) in [4.78, 5) is 24.5. The highest BCUT2D eigenvalue weighted by Gasteiger charge is 2.24. The predicted octanol–water partition coefficient (Wildman–Crippen LogP) is 5.74. The molecule has 2 aromatic heterocycles. The van der Waals surface area contributed by atoms with E-state index in [-0.39, 0.29) is 5.91 Å². The van der Waals surface area contributed by atoms with Crippen LogP contribution in [0.3, 0.4) is 0 Å². The predicted molar refractivity (Wildman–Crippen MR) is 164 cm³/mol. The molecular formula is C31H32N6O2S. The first-order valence-corrected chi connectivity index (χ1v) is 14.3. The third-order valence-corrected chi connectivity index (χ3v) is 8.55. The molecule has 0 saturated carbocycles. The van der Waals surface area contributed by atoms with Gasteiger partial charge in [-0.05, 0) is 61.0 Å². The number of rotatable bonds is 8. The van der Waals surface area contributed by atoms with E-state index in [4.69, 9.17) is 14.7 Å². The molecule has 0 bridgehead atoms. The number of piperidine rings is 1. The molecule has 8 nitrogen and oxygen atoms in total. The summed E-state index contributed by atoms with van der Waals surface area (Å²) >= 11 is 1.64. The molecule has 1 aliphatic carbocycles. The van der Waals surface area contributed by atoms with Crippen molar-refractivity contribution in [3.8, 4) is 5.75 Å². The molecule has 2 aliphatic rings. The Kier molecular flexibility index (Phi) is 7.23. The largest absolute Gasteiger partial charge is 0.494 e. The van der Waals surface area contributed by atoms with Crippen LogP contribution in [-0.2, 0) is 11.2 Å². The Bertz CT molecular complexity index is 1620. The van der Waals surface area contributed by atoms with Crippen molar-refractivity contribution in [3.05, 3.63) is 83.4 Å². The Labute approximate surface area is 237 Å². The smallest absolute Gasteiger partial charge is 0.247 e. The number of allylic oxidation sites excluding steroid dienone is 1. The van der Waals surface area contributed by atoms with Crippen LogP contribution in [0.25, 0.3) is 15.8 Å². The zero-order valence-corrected chi connectivity index (χ0v) is 23.5. The maximum absolute atomic E-state index is 12.4. The molecule has 40 heavy (non-hydrogen) atoms. The van der Waals surface area contributed by atoms with Crippen LogP contribution in [0.15, 0.2) is 66.6 Å². The number of nitrogens with one attached hydrogen (secondary N) is 3. The van der Waals surface area contributed by atoms with Crippen LogP contribution in [0.2, 0.25) is 0 Å². The molecule has 0 atom stereocenters. The van der Waals surface area contributed by atoms with Gasteiger partial charge in [0, 0.05) is 30.8 Å². The van der Waals surface area contributed by atoms with E-state index in [0.717, 1.165) is 59.5 Å². The molecule has 204 valence electrons. The van der Waals surface area contributed by atoms with E-state index >= 15 is 0 Å². The summed E-state index contributed by atoms with van der Waals surface area (Å²) in [6.07, 6.45) is 6.44. The lowest BCUT2D eigenvalue weighted by Gasteiger charge is -2.35. The van der Waals surface area contributed by atoms with Crippen LogP contribution >= 0.6 is 11.3 Å². The van der Waals surface area contributed by atoms with Gasteiger partial charge in [-0.25, -0.2) is 9.97 Å². The van der Waals surface area contributed by atoms with Gasteiger partial charge in [-0.1, -0.05) is 36.9 Å². The van der Waals surface area contributed by atoms with Crippen LogP contribution in [0.4, 0.5) is 23.0 Å². The molecule has 0 spiro atoms. The quantitative estimate of drug-likeness (QED) is 0.240. The summed E-state index contributed by atoms with van der Waals surface area (Å²) in [5.74, 6) is 0.837. The number of nitrogens with zero attached hydrogens (tertiary/aromatic N) is 3. The van der Waals surface area contributed by atoms with Crippen molar-refractivity contribution >= 4 is 56.0 Å². The van der Waals surface area contributed by atoms with Gasteiger partial charge in [0.1, 0.15) is 5.75 Å². The van der Waals surface area contributed by atoms with Crippen LogP contribution in [0, 0.1) is 0 Å². The van der Waals surface area contributed by atoms with E-state index < -0.39 is 0 Å². The minimum absolute atomic E-state index is 0.271. The number of anilines is 4. The number of hydrogen-bond acceptors (Lipinski definition) is 8. The van der Waals surface area contributed by atoms with Gasteiger partial charge in [0.05, 0.1) is 40.1 Å². The van der Waals surface area contributed by atoms with Gasteiger partial charge in [-0.2, -0.15) is 0 Å². The first-order valence-electron chi connectivity index (χ1n) is 13.5. The number of thiophene rings is 1. The van der Waals surface area contributed by atoms with Crippen LogP contribution in [0.1, 0.15) is 29.7 Å². The Hall–Kier alpha value is -4.21. The van der Waals surface area contributed by atoms with E-state index in [2.05, 4.69) is 57.8 Å². The Morgan fingerprint density at radius 2 is 1.98 bits per heavy atom. The van der Waals surface area contributed by atoms with E-state index in [0.29, 0.717) is 29.1 Å². The number of ether oxygens (including phenoxy) is 1. The van der Waals surface area contributed by atoms with Gasteiger partial charge >= 0.3 is 0 Å². The zero-order chi connectivity index (χ0) is 27.6. The molecule has 3 heterocycles. The van der Waals surface area contributed by atoms with Gasteiger partial charge in [-0.15, -0.1) is 11.3 Å². The summed E-state index contributed by atoms with van der Waals surface area (Å²) in [5, 5.41) is 11.8. The van der Waals surface area contributed by atoms with Crippen molar-refractivity contribution in [3.63, 3.8) is 0 Å². The number of carbonyl (C=O) groups excluding carboxylic acids is 1. The molecule has 6 rings (SSSR count). The third-order valence-electron chi connectivity index (χ3n) is 7.64. The van der Waals surface area contributed by atoms with E-state index in [1.54, 1.807) is 18.4 Å². The molecular weight excluding hydrogens is 520 g/mol. The second-order valence-electron chi connectivity index (χ2n) is 9.95. The van der Waals surface area contributed by atoms with Crippen LogP contribution in [0.5, 0.6) is 5.75 Å². The standard InChI is InChI=1S/C31H32N6O2S/c1-4-28(38)33-24-17-25(27(39-3)18-26(24)37-14-11-20(32-2)12-15-37)35-31-34-23-13-16-40-30(23)29(36-31)22-10-9-19-7-5-6-8-21(19)22/h4-8,10,13,16-18,20,32H,1,9,11-12,14-15H2,2-3H3,(H,33,38)(H,34,35,36). The number of benzene rings is 2. The van der Waals surface area contributed by atoms with Gasteiger partial charge in [-0.3, -0.25) is 4.79 Å².